The van der Waals surface area contributed by atoms with Gasteiger partial charge in [-0.05, 0) is 47.0 Å². The molecule has 0 N–H and O–H groups in total. The van der Waals surface area contributed by atoms with Crippen molar-refractivity contribution in [3.05, 3.63) is 0 Å². The molecule has 0 aliphatic rings. The molecule has 0 saturated carbocycles. The lowest BCUT2D eigenvalue weighted by Gasteiger charge is -2.30. The fraction of sp³-hybridized carbons (Fsp3) is 1.00. The van der Waals surface area contributed by atoms with Crippen molar-refractivity contribution in [3.63, 3.8) is 0 Å². The second kappa shape index (κ2) is 12.0. The highest BCUT2D eigenvalue weighted by atomic mass is 16.5. The highest BCUT2D eigenvalue weighted by Crippen LogP contribution is 2.17. The third-order valence-electron chi connectivity index (χ3n) is 0.612. The minimum atomic E-state index is -0.0156. The van der Waals surface area contributed by atoms with Crippen molar-refractivity contribution in [1.29, 1.82) is 0 Å². The Bertz CT molecular complexity index is 120. The van der Waals surface area contributed by atoms with Crippen LogP contribution in [0.5, 0.6) is 0 Å². The summed E-state index contributed by atoms with van der Waals surface area (Å²) in [6.45, 7) is 21.2. The highest BCUT2D eigenvalue weighted by Gasteiger charge is 2.19. The van der Waals surface area contributed by atoms with Crippen LogP contribution < -0.4 is 0 Å². The minimum Gasteiger partial charge on any atom is -0.370 e. The first-order chi connectivity index (χ1) is 5.71. The lowest BCUT2D eigenvalue weighted by Crippen LogP contribution is -2.31. The van der Waals surface area contributed by atoms with Gasteiger partial charge in [0.25, 0.3) is 0 Å². The van der Waals surface area contributed by atoms with Crippen molar-refractivity contribution < 1.29 is 4.74 Å². The van der Waals surface area contributed by atoms with E-state index in [2.05, 4.69) is 69.2 Å². The van der Waals surface area contributed by atoms with Gasteiger partial charge in [-0.3, -0.25) is 0 Å². The Morgan fingerprint density at radius 3 is 0.556 bits per heavy atom. The second-order valence-electron chi connectivity index (χ2n) is 7.33. The third kappa shape index (κ3) is 101. The Hall–Kier alpha value is -0.0400. The van der Waals surface area contributed by atoms with Gasteiger partial charge in [-0.15, -0.1) is 0 Å². The summed E-state index contributed by atoms with van der Waals surface area (Å²) in [5.74, 6) is 0. The Balaban J connectivity index is -0.0000000359. The summed E-state index contributed by atoms with van der Waals surface area (Å²) in [6.07, 6.45) is 0. The van der Waals surface area contributed by atoms with Crippen LogP contribution in [0, 0.1) is 5.41 Å². The summed E-state index contributed by atoms with van der Waals surface area (Å²) in [4.78, 5) is 0. The first-order valence-electron chi connectivity index (χ1n) is 5.41. The van der Waals surface area contributed by atoms with Gasteiger partial charge >= 0.3 is 0 Å². The van der Waals surface area contributed by atoms with Crippen molar-refractivity contribution in [2.24, 2.45) is 5.41 Å². The van der Waals surface area contributed by atoms with Gasteiger partial charge < -0.3 is 4.74 Å². The summed E-state index contributed by atoms with van der Waals surface area (Å²) in [5, 5.41) is 0. The Morgan fingerprint density at radius 2 is 0.556 bits per heavy atom. The predicted molar refractivity (Wildman–Crippen MR) is 92.6 cm³/mol. The maximum absolute atomic E-state index is 5.62. The minimum absolute atomic E-state index is 0. The monoisotopic (exact) mass is 266 g/mol. The van der Waals surface area contributed by atoms with Gasteiger partial charge in [-0.2, -0.15) is 0 Å². The van der Waals surface area contributed by atoms with Gasteiger partial charge in [0.1, 0.15) is 0 Å². The van der Waals surface area contributed by atoms with E-state index in [9.17, 15) is 0 Å². The van der Waals surface area contributed by atoms with Crippen molar-refractivity contribution in [3.8, 4) is 0 Å². The average molecular weight is 267 g/mol. The molecule has 0 rings (SSSR count). The molecule has 0 heterocycles. The van der Waals surface area contributed by atoms with Crippen LogP contribution >= 0.6 is 0 Å². The van der Waals surface area contributed by atoms with Crippen molar-refractivity contribution in [2.45, 2.75) is 110 Å². The molecule has 0 aliphatic heterocycles. The highest BCUT2D eigenvalue weighted by molar-refractivity contribution is 4.68. The summed E-state index contributed by atoms with van der Waals surface area (Å²) < 4.78 is 5.62. The zero-order valence-corrected chi connectivity index (χ0v) is 11.9. The molecule has 120 valence electrons. The lowest BCUT2D eigenvalue weighted by atomic mass is 10.0. The molecule has 1 heteroatoms. The maximum Gasteiger partial charge on any atom is 0.0605 e. The van der Waals surface area contributed by atoms with Gasteiger partial charge in [0.15, 0.2) is 0 Å². The van der Waals surface area contributed by atoms with Gasteiger partial charge in [-0.25, -0.2) is 0 Å². The topological polar surface area (TPSA) is 9.23 Å². The van der Waals surface area contributed by atoms with E-state index >= 15 is 0 Å². The molecule has 0 aliphatic carbocycles. The quantitative estimate of drug-likeness (QED) is 0.450. The molecule has 0 saturated heterocycles. The smallest absolute Gasteiger partial charge is 0.0605 e. The van der Waals surface area contributed by atoms with Crippen molar-refractivity contribution in [2.75, 3.05) is 0 Å². The lowest BCUT2D eigenvalue weighted by molar-refractivity contribution is -0.102. The zero-order valence-electron chi connectivity index (χ0n) is 11.9. The SMILES string of the molecule is C.C.C.C.CC(C)(C)C.CC(C)(C)OC(C)(C)C. The summed E-state index contributed by atoms with van der Waals surface area (Å²) in [6, 6.07) is 0. The largest absolute Gasteiger partial charge is 0.370 e. The number of hydrogen-bond donors (Lipinski definition) is 0. The Labute approximate surface area is 121 Å². The molecular formula is C17H46O. The van der Waals surface area contributed by atoms with Crippen LogP contribution in [0.3, 0.4) is 0 Å². The van der Waals surface area contributed by atoms with Crippen LogP contribution in [-0.4, -0.2) is 11.2 Å². The van der Waals surface area contributed by atoms with Gasteiger partial charge in [0, 0.05) is 0 Å². The van der Waals surface area contributed by atoms with Crippen LogP contribution in [0.25, 0.3) is 0 Å². The van der Waals surface area contributed by atoms with Gasteiger partial charge in [0.2, 0.25) is 0 Å². The van der Waals surface area contributed by atoms with E-state index in [4.69, 9.17) is 4.74 Å². The van der Waals surface area contributed by atoms with E-state index in [1.165, 1.54) is 0 Å². The summed E-state index contributed by atoms with van der Waals surface area (Å²) in [5.41, 5.74) is 0.469. The van der Waals surface area contributed by atoms with E-state index < -0.39 is 0 Å². The number of hydrogen-bond acceptors (Lipinski definition) is 1. The van der Waals surface area contributed by atoms with E-state index in [1.54, 1.807) is 0 Å². The van der Waals surface area contributed by atoms with Crippen LogP contribution in [-0.2, 0) is 4.74 Å². The normalized spacial score (nSPS) is 10.3. The molecule has 0 aromatic rings. The fourth-order valence-electron chi connectivity index (χ4n) is 0.919. The molecule has 0 bridgehead atoms. The van der Waals surface area contributed by atoms with Crippen LogP contribution in [0.15, 0.2) is 0 Å². The molecule has 18 heavy (non-hydrogen) atoms. The fourth-order valence-corrected chi connectivity index (χ4v) is 0.919. The van der Waals surface area contributed by atoms with E-state index in [-0.39, 0.29) is 40.9 Å². The number of ether oxygens (including phenoxy) is 1. The summed E-state index contributed by atoms with van der Waals surface area (Å²) in [7, 11) is 0. The maximum atomic E-state index is 5.62. The van der Waals surface area contributed by atoms with Crippen LogP contribution in [0.4, 0.5) is 0 Å². The van der Waals surface area contributed by atoms with Gasteiger partial charge in [0.05, 0.1) is 11.2 Å². The standard InChI is InChI=1S/C8H18O.C5H12.4CH4/c1-7(2,3)9-8(4,5)6;1-5(2,3)4;;;;/h1-6H3;1-4H3;4*1H4. The van der Waals surface area contributed by atoms with E-state index in [0.29, 0.717) is 5.41 Å². The molecule has 0 radical (unpaired) electrons. The van der Waals surface area contributed by atoms with Crippen molar-refractivity contribution in [1.82, 2.24) is 0 Å². The zero-order chi connectivity index (χ0) is 12.2. The van der Waals surface area contributed by atoms with Gasteiger partial charge in [-0.1, -0.05) is 57.4 Å². The third-order valence-corrected chi connectivity index (χ3v) is 0.612. The molecule has 0 fully saturated rings. The molecule has 0 unspecified atom stereocenters. The molecule has 1 nitrogen and oxygen atoms in total. The molecule has 0 spiro atoms. The van der Waals surface area contributed by atoms with E-state index in [1.807, 2.05) is 0 Å². The summed E-state index contributed by atoms with van der Waals surface area (Å²) >= 11 is 0. The first-order valence-corrected chi connectivity index (χ1v) is 5.41. The molecule has 0 aromatic carbocycles. The predicted octanol–water partition coefficient (Wildman–Crippen LogP) is 7.20. The molecule has 0 amide bonds. The molecule has 0 atom stereocenters. The van der Waals surface area contributed by atoms with Crippen LogP contribution in [0.2, 0.25) is 0 Å². The van der Waals surface area contributed by atoms with E-state index in [0.717, 1.165) is 0 Å². The molecule has 0 aromatic heterocycles. The first kappa shape index (κ1) is 36.1. The Kier molecular flexibility index (Phi) is 24.1. The molecular weight excluding hydrogens is 220 g/mol. The Morgan fingerprint density at radius 1 is 0.444 bits per heavy atom. The average Bonchev–Trinajstić information content (AvgIpc) is 1.42. The van der Waals surface area contributed by atoms with Crippen LogP contribution in [0.1, 0.15) is 98.9 Å². The number of rotatable bonds is 0. The van der Waals surface area contributed by atoms with Crippen molar-refractivity contribution >= 4 is 0 Å². The second-order valence-corrected chi connectivity index (χ2v) is 7.33.